The van der Waals surface area contributed by atoms with Crippen LogP contribution in [0.3, 0.4) is 0 Å². The molecule has 3 heterocycles. The van der Waals surface area contributed by atoms with Crippen molar-refractivity contribution < 1.29 is 4.79 Å². The van der Waals surface area contributed by atoms with Crippen LogP contribution >= 0.6 is 11.6 Å². The molecule has 5 rings (SSSR count). The summed E-state index contributed by atoms with van der Waals surface area (Å²) in [5.74, 6) is 0.494. The number of carbonyl (C=O) groups excluding carboxylic acids is 1. The summed E-state index contributed by atoms with van der Waals surface area (Å²) in [5, 5.41) is 4.13. The Kier molecular flexibility index (Phi) is 5.97. The number of hydrogen-bond acceptors (Lipinski definition) is 4. The second-order valence-electron chi connectivity index (χ2n) is 8.72. The number of nitrogens with one attached hydrogen (secondary N) is 1. The smallest absolute Gasteiger partial charge is 0.225 e. The van der Waals surface area contributed by atoms with E-state index in [9.17, 15) is 4.79 Å². The minimum absolute atomic E-state index is 0.148. The maximum atomic E-state index is 13.0. The van der Waals surface area contributed by atoms with Gasteiger partial charge >= 0.3 is 0 Å². The van der Waals surface area contributed by atoms with Crippen molar-refractivity contribution in [1.29, 1.82) is 0 Å². The van der Waals surface area contributed by atoms with Crippen molar-refractivity contribution >= 4 is 34.6 Å². The van der Waals surface area contributed by atoms with Crippen LogP contribution in [0, 0.1) is 5.92 Å². The molecule has 2 saturated heterocycles. The highest BCUT2D eigenvalue weighted by molar-refractivity contribution is 6.34. The Labute approximate surface area is 189 Å². The summed E-state index contributed by atoms with van der Waals surface area (Å²) in [6, 6.07) is 14.5. The molecule has 0 aromatic heterocycles. The molecular formula is C25H29ClN4O. The minimum Gasteiger partial charge on any atom is -0.371 e. The number of halogens is 1. The lowest BCUT2D eigenvalue weighted by Gasteiger charge is -2.35. The number of aliphatic imine (C=N–C) groups is 1. The molecule has 0 atom stereocenters. The maximum absolute atomic E-state index is 13.0. The van der Waals surface area contributed by atoms with Crippen molar-refractivity contribution in [1.82, 2.24) is 10.2 Å². The lowest BCUT2D eigenvalue weighted by Crippen LogP contribution is -2.43. The van der Waals surface area contributed by atoms with Crippen molar-refractivity contribution in [2.75, 3.05) is 44.2 Å². The second-order valence-corrected chi connectivity index (χ2v) is 9.13. The number of carbonyl (C=O) groups is 1. The average Bonchev–Trinajstić information content (AvgIpc) is 3.05. The third-order valence-corrected chi connectivity index (χ3v) is 7.06. The Morgan fingerprint density at radius 1 is 1.03 bits per heavy atom. The number of amides is 1. The van der Waals surface area contributed by atoms with E-state index >= 15 is 0 Å². The summed E-state index contributed by atoms with van der Waals surface area (Å²) >= 11 is 6.57. The number of para-hydroxylation sites is 1. The first-order valence-electron chi connectivity index (χ1n) is 11.4. The molecule has 0 bridgehead atoms. The molecule has 1 amide bonds. The third-order valence-electron chi connectivity index (χ3n) is 6.73. The van der Waals surface area contributed by atoms with Crippen LogP contribution in [0.15, 0.2) is 47.5 Å². The van der Waals surface area contributed by atoms with Gasteiger partial charge in [0.2, 0.25) is 5.91 Å². The van der Waals surface area contributed by atoms with E-state index in [0.29, 0.717) is 5.91 Å². The van der Waals surface area contributed by atoms with Crippen LogP contribution in [-0.4, -0.2) is 55.8 Å². The quantitative estimate of drug-likeness (QED) is 0.789. The van der Waals surface area contributed by atoms with Gasteiger partial charge in [-0.15, -0.1) is 0 Å². The zero-order valence-corrected chi connectivity index (χ0v) is 18.6. The Balaban J connectivity index is 1.26. The largest absolute Gasteiger partial charge is 0.371 e. The van der Waals surface area contributed by atoms with Crippen LogP contribution < -0.4 is 10.2 Å². The van der Waals surface area contributed by atoms with Gasteiger partial charge in [-0.2, -0.15) is 0 Å². The highest BCUT2D eigenvalue weighted by Gasteiger charge is 2.29. The van der Waals surface area contributed by atoms with Crippen molar-refractivity contribution in [2.24, 2.45) is 10.9 Å². The molecule has 5 nitrogen and oxygen atoms in total. The molecule has 2 aromatic rings. The molecular weight excluding hydrogens is 408 g/mol. The van der Waals surface area contributed by atoms with Gasteiger partial charge < -0.3 is 15.1 Å². The summed E-state index contributed by atoms with van der Waals surface area (Å²) in [4.78, 5) is 22.2. The first-order valence-corrected chi connectivity index (χ1v) is 11.8. The fourth-order valence-electron chi connectivity index (χ4n) is 4.93. The van der Waals surface area contributed by atoms with Gasteiger partial charge in [-0.25, -0.2) is 0 Å². The zero-order valence-electron chi connectivity index (χ0n) is 17.8. The summed E-state index contributed by atoms with van der Waals surface area (Å²) < 4.78 is 0. The first kappa shape index (κ1) is 20.5. The Morgan fingerprint density at radius 2 is 1.87 bits per heavy atom. The maximum Gasteiger partial charge on any atom is 0.225 e. The van der Waals surface area contributed by atoms with Crippen molar-refractivity contribution in [2.45, 2.75) is 25.7 Å². The van der Waals surface area contributed by atoms with Crippen LogP contribution in [0.25, 0.3) is 0 Å². The molecule has 3 aliphatic rings. The van der Waals surface area contributed by atoms with Crippen molar-refractivity contribution in [3.05, 3.63) is 58.6 Å². The number of benzene rings is 2. The molecule has 6 heteroatoms. The Hall–Kier alpha value is -2.37. The molecule has 0 spiro atoms. The van der Waals surface area contributed by atoms with Crippen LogP contribution in [-0.2, 0) is 11.2 Å². The monoisotopic (exact) mass is 436 g/mol. The Morgan fingerprint density at radius 3 is 2.71 bits per heavy atom. The van der Waals surface area contributed by atoms with Crippen LogP contribution in [0.4, 0.5) is 11.4 Å². The van der Waals surface area contributed by atoms with Gasteiger partial charge in [-0.05, 0) is 55.6 Å². The number of rotatable bonds is 3. The topological polar surface area (TPSA) is 47.9 Å². The highest BCUT2D eigenvalue weighted by Crippen LogP contribution is 2.33. The Bertz CT molecular complexity index is 989. The third kappa shape index (κ3) is 4.35. The summed E-state index contributed by atoms with van der Waals surface area (Å²) in [5.41, 5.74) is 5.52. The lowest BCUT2D eigenvalue weighted by atomic mass is 9.94. The fourth-order valence-corrected chi connectivity index (χ4v) is 5.16. The molecule has 2 aromatic carbocycles. The second kappa shape index (κ2) is 9.01. The lowest BCUT2D eigenvalue weighted by molar-refractivity contribution is -0.136. The molecule has 2 fully saturated rings. The molecule has 31 heavy (non-hydrogen) atoms. The van der Waals surface area contributed by atoms with Gasteiger partial charge in [0.25, 0.3) is 0 Å². The summed E-state index contributed by atoms with van der Waals surface area (Å²) in [7, 11) is 0. The number of piperidine rings is 1. The van der Waals surface area contributed by atoms with E-state index in [1.807, 2.05) is 12.1 Å². The molecule has 162 valence electrons. The number of anilines is 1. The number of fused-ring (bicyclic) bond motifs is 1. The number of hydrogen-bond donors (Lipinski definition) is 1. The van der Waals surface area contributed by atoms with E-state index in [1.165, 1.54) is 11.3 Å². The minimum atomic E-state index is 0.148. The zero-order chi connectivity index (χ0) is 21.2. The van der Waals surface area contributed by atoms with E-state index < -0.39 is 0 Å². The number of nitrogens with zero attached hydrogens (tertiary/aromatic N) is 3. The van der Waals surface area contributed by atoms with Gasteiger partial charge in [-0.3, -0.25) is 9.79 Å². The summed E-state index contributed by atoms with van der Waals surface area (Å²) in [6.45, 7) is 5.44. The van der Waals surface area contributed by atoms with E-state index in [4.69, 9.17) is 16.6 Å². The van der Waals surface area contributed by atoms with Crippen molar-refractivity contribution in [3.8, 4) is 0 Å². The van der Waals surface area contributed by atoms with Gasteiger partial charge in [0, 0.05) is 61.3 Å². The van der Waals surface area contributed by atoms with Crippen molar-refractivity contribution in [3.63, 3.8) is 0 Å². The van der Waals surface area contributed by atoms with Gasteiger partial charge in [0.15, 0.2) is 0 Å². The highest BCUT2D eigenvalue weighted by atomic mass is 35.5. The van der Waals surface area contributed by atoms with E-state index in [2.05, 4.69) is 45.4 Å². The standard InChI is InChI=1S/C25H29ClN4O/c26-22-7-6-20(17-21(22)24-16-19-4-1-2-5-23(19)28-24)29-13-8-18(9-14-29)25(31)30-12-3-10-27-11-15-30/h1-2,4-7,17-18,27H,3,8-16H2. The van der Waals surface area contributed by atoms with Gasteiger partial charge in [-0.1, -0.05) is 29.8 Å². The van der Waals surface area contributed by atoms with E-state index in [-0.39, 0.29) is 5.92 Å². The average molecular weight is 437 g/mol. The fraction of sp³-hybridized carbons (Fsp3) is 0.440. The van der Waals surface area contributed by atoms with Crippen LogP contribution in [0.5, 0.6) is 0 Å². The molecule has 0 aliphatic carbocycles. The molecule has 0 radical (unpaired) electrons. The van der Waals surface area contributed by atoms with E-state index in [0.717, 1.165) is 86.9 Å². The first-order chi connectivity index (χ1) is 15.2. The van der Waals surface area contributed by atoms with Crippen LogP contribution in [0.2, 0.25) is 5.02 Å². The van der Waals surface area contributed by atoms with Crippen LogP contribution in [0.1, 0.15) is 30.4 Å². The molecule has 0 saturated carbocycles. The van der Waals surface area contributed by atoms with Gasteiger partial charge in [0.1, 0.15) is 0 Å². The SMILES string of the molecule is O=C(C1CCN(c2ccc(Cl)c(C3=Nc4ccccc4C3)c2)CC1)N1CCCNCC1. The summed E-state index contributed by atoms with van der Waals surface area (Å²) in [6.07, 6.45) is 3.69. The predicted octanol–water partition coefficient (Wildman–Crippen LogP) is 4.06. The van der Waals surface area contributed by atoms with Gasteiger partial charge in [0.05, 0.1) is 11.4 Å². The van der Waals surface area contributed by atoms with E-state index in [1.54, 1.807) is 0 Å². The molecule has 0 unspecified atom stereocenters. The molecule has 1 N–H and O–H groups in total. The normalized spacial score (nSPS) is 19.7. The predicted molar refractivity (Wildman–Crippen MR) is 127 cm³/mol. The molecule has 3 aliphatic heterocycles.